The number of carbonyl (C=O) groups excluding carboxylic acids is 3. The average Bonchev–Trinajstić information content (AvgIpc) is 2.66. The maximum Gasteiger partial charge on any atom is 0.367 e. The zero-order valence-electron chi connectivity index (χ0n) is 15.5. The van der Waals surface area contributed by atoms with Crippen LogP contribution in [-0.4, -0.2) is 41.0 Å². The number of amides is 3. The van der Waals surface area contributed by atoms with Crippen LogP contribution in [0.25, 0.3) is 10.8 Å². The van der Waals surface area contributed by atoms with Crippen LogP contribution in [0, 0.1) is 5.92 Å². The molecular weight excluding hydrogens is 378 g/mol. The highest BCUT2D eigenvalue weighted by molar-refractivity contribution is 8.14. The van der Waals surface area contributed by atoms with Gasteiger partial charge in [-0.1, -0.05) is 48.2 Å². The number of carbonyl (C=O) groups is 3. The van der Waals surface area contributed by atoms with Crippen LogP contribution in [0.1, 0.15) is 13.8 Å². The van der Waals surface area contributed by atoms with Gasteiger partial charge < -0.3 is 10.1 Å². The lowest BCUT2D eigenvalue weighted by molar-refractivity contribution is -0.143. The number of hydrogen-bond donors (Lipinski definition) is 1. The van der Waals surface area contributed by atoms with E-state index < -0.39 is 17.9 Å². The second kappa shape index (κ2) is 8.79. The molecule has 8 heteroatoms. The van der Waals surface area contributed by atoms with Gasteiger partial charge in [-0.05, 0) is 25.3 Å². The van der Waals surface area contributed by atoms with Crippen molar-refractivity contribution in [1.82, 2.24) is 0 Å². The van der Waals surface area contributed by atoms with E-state index in [0.29, 0.717) is 11.4 Å². The Bertz CT molecular complexity index is 995. The first-order valence-electron chi connectivity index (χ1n) is 8.74. The SMILES string of the molecule is CCOC(=O)C1C(C)=NC(=O)N=C1SCC(=O)Nc1cccc2ccccc12. The van der Waals surface area contributed by atoms with Crippen molar-refractivity contribution >= 4 is 56.9 Å². The molecule has 3 amide bonds. The molecule has 2 aromatic rings. The van der Waals surface area contributed by atoms with Crippen LogP contribution in [0.15, 0.2) is 52.4 Å². The van der Waals surface area contributed by atoms with Gasteiger partial charge in [-0.2, -0.15) is 9.98 Å². The number of thioether (sulfide) groups is 1. The van der Waals surface area contributed by atoms with Crippen LogP contribution in [0.2, 0.25) is 0 Å². The third kappa shape index (κ3) is 4.45. The molecule has 0 spiro atoms. The Morgan fingerprint density at radius 1 is 1.14 bits per heavy atom. The molecule has 144 valence electrons. The minimum Gasteiger partial charge on any atom is -0.465 e. The van der Waals surface area contributed by atoms with E-state index in [-0.39, 0.29) is 23.3 Å². The standard InChI is InChI=1S/C20H19N3O4S/c1-3-27-19(25)17-12(2)21-20(26)23-18(17)28-11-16(24)22-15-10-6-8-13-7-4-5-9-14(13)15/h4-10,17H,3,11H2,1-2H3,(H,22,24). The van der Waals surface area contributed by atoms with E-state index in [1.165, 1.54) is 0 Å². The molecule has 0 fully saturated rings. The van der Waals surface area contributed by atoms with Gasteiger partial charge in [0.25, 0.3) is 0 Å². The lowest BCUT2D eigenvalue weighted by atomic mass is 10.1. The summed E-state index contributed by atoms with van der Waals surface area (Å²) in [7, 11) is 0. The van der Waals surface area contributed by atoms with Crippen molar-refractivity contribution in [2.45, 2.75) is 13.8 Å². The number of fused-ring (bicyclic) bond motifs is 1. The number of aliphatic imine (C=N–C) groups is 2. The lowest BCUT2D eigenvalue weighted by Gasteiger charge is -2.19. The highest BCUT2D eigenvalue weighted by Gasteiger charge is 2.33. The summed E-state index contributed by atoms with van der Waals surface area (Å²) in [6, 6.07) is 12.7. The topological polar surface area (TPSA) is 97.2 Å². The Labute approximate surface area is 166 Å². The fourth-order valence-corrected chi connectivity index (χ4v) is 3.78. The quantitative estimate of drug-likeness (QED) is 0.776. The molecule has 0 bridgehead atoms. The van der Waals surface area contributed by atoms with Crippen molar-refractivity contribution in [1.29, 1.82) is 0 Å². The number of hydrogen-bond acceptors (Lipinski definition) is 5. The summed E-state index contributed by atoms with van der Waals surface area (Å²) in [5, 5.41) is 5.05. The van der Waals surface area contributed by atoms with Gasteiger partial charge in [0.1, 0.15) is 5.92 Å². The van der Waals surface area contributed by atoms with E-state index >= 15 is 0 Å². The number of esters is 1. The van der Waals surface area contributed by atoms with Gasteiger partial charge in [-0.3, -0.25) is 9.59 Å². The van der Waals surface area contributed by atoms with Crippen LogP contribution >= 0.6 is 11.8 Å². The van der Waals surface area contributed by atoms with E-state index in [9.17, 15) is 14.4 Å². The number of nitrogens with one attached hydrogen (secondary N) is 1. The van der Waals surface area contributed by atoms with E-state index in [1.54, 1.807) is 13.8 Å². The molecule has 7 nitrogen and oxygen atoms in total. The number of nitrogens with zero attached hydrogens (tertiary/aromatic N) is 2. The zero-order valence-corrected chi connectivity index (χ0v) is 16.3. The first-order valence-corrected chi connectivity index (χ1v) is 9.73. The molecule has 3 rings (SSSR count). The monoisotopic (exact) mass is 397 g/mol. The van der Waals surface area contributed by atoms with Gasteiger partial charge in [-0.25, -0.2) is 4.79 Å². The Morgan fingerprint density at radius 3 is 2.68 bits per heavy atom. The summed E-state index contributed by atoms with van der Waals surface area (Å²) in [6.45, 7) is 3.47. The van der Waals surface area contributed by atoms with Gasteiger partial charge in [0.2, 0.25) is 5.91 Å². The predicted molar refractivity (Wildman–Crippen MR) is 111 cm³/mol. The average molecular weight is 397 g/mol. The first kappa shape index (κ1) is 19.8. The second-order valence-corrected chi connectivity index (χ2v) is 7.03. The van der Waals surface area contributed by atoms with Crippen molar-refractivity contribution < 1.29 is 19.1 Å². The number of rotatable bonds is 5. The summed E-state index contributed by atoms with van der Waals surface area (Å²) in [5.74, 6) is -1.65. The molecule has 0 aromatic heterocycles. The van der Waals surface area contributed by atoms with Crippen molar-refractivity contribution in [2.75, 3.05) is 17.7 Å². The van der Waals surface area contributed by atoms with Gasteiger partial charge in [-0.15, -0.1) is 0 Å². The highest BCUT2D eigenvalue weighted by atomic mass is 32.2. The molecule has 1 heterocycles. The number of ether oxygens (including phenoxy) is 1. The fraction of sp³-hybridized carbons (Fsp3) is 0.250. The van der Waals surface area contributed by atoms with Gasteiger partial charge >= 0.3 is 12.0 Å². The minimum absolute atomic E-state index is 0.00147. The van der Waals surface area contributed by atoms with E-state index in [0.717, 1.165) is 22.5 Å². The third-order valence-corrected chi connectivity index (χ3v) is 5.11. The predicted octanol–water partition coefficient (Wildman–Crippen LogP) is 3.68. The number of benzene rings is 2. The Balaban J connectivity index is 1.70. The third-order valence-electron chi connectivity index (χ3n) is 4.08. The number of urea groups is 1. The molecule has 0 radical (unpaired) electrons. The van der Waals surface area contributed by atoms with Gasteiger partial charge in [0.15, 0.2) is 0 Å². The first-order chi connectivity index (χ1) is 13.5. The number of anilines is 1. The van der Waals surface area contributed by atoms with Crippen LogP contribution in [0.3, 0.4) is 0 Å². The van der Waals surface area contributed by atoms with Crippen molar-refractivity contribution in [3.63, 3.8) is 0 Å². The summed E-state index contributed by atoms with van der Waals surface area (Å²) >= 11 is 1.04. The molecule has 28 heavy (non-hydrogen) atoms. The van der Waals surface area contributed by atoms with Crippen molar-refractivity contribution in [3.05, 3.63) is 42.5 Å². The van der Waals surface area contributed by atoms with Crippen molar-refractivity contribution in [2.24, 2.45) is 15.9 Å². The lowest BCUT2D eigenvalue weighted by Crippen LogP contribution is -2.34. The molecular formula is C20H19N3O4S. The van der Waals surface area contributed by atoms with E-state index in [4.69, 9.17) is 4.74 Å². The van der Waals surface area contributed by atoms with E-state index in [1.807, 2.05) is 42.5 Å². The smallest absolute Gasteiger partial charge is 0.367 e. The highest BCUT2D eigenvalue weighted by Crippen LogP contribution is 2.24. The normalized spacial score (nSPS) is 16.4. The fourth-order valence-electron chi connectivity index (χ4n) is 2.85. The van der Waals surface area contributed by atoms with Crippen LogP contribution < -0.4 is 5.32 Å². The molecule has 1 unspecified atom stereocenters. The van der Waals surface area contributed by atoms with E-state index in [2.05, 4.69) is 15.3 Å². The summed E-state index contributed by atoms with van der Waals surface area (Å²) in [6.07, 6.45) is 0. The molecule has 0 aliphatic carbocycles. The minimum atomic E-state index is -0.854. The summed E-state index contributed by atoms with van der Waals surface area (Å²) < 4.78 is 5.04. The van der Waals surface area contributed by atoms with Crippen LogP contribution in [0.4, 0.5) is 10.5 Å². The molecule has 0 saturated heterocycles. The second-order valence-electron chi connectivity index (χ2n) is 6.03. The zero-order chi connectivity index (χ0) is 20.1. The molecule has 1 aliphatic rings. The summed E-state index contributed by atoms with van der Waals surface area (Å²) in [4.78, 5) is 43.8. The van der Waals surface area contributed by atoms with Gasteiger partial charge in [0.05, 0.1) is 17.4 Å². The maximum atomic E-state index is 12.4. The van der Waals surface area contributed by atoms with Crippen LogP contribution in [0.5, 0.6) is 0 Å². The van der Waals surface area contributed by atoms with Gasteiger partial charge in [0, 0.05) is 16.8 Å². The maximum absolute atomic E-state index is 12.4. The molecule has 2 aromatic carbocycles. The largest absolute Gasteiger partial charge is 0.465 e. The molecule has 1 atom stereocenters. The molecule has 1 aliphatic heterocycles. The molecule has 0 saturated carbocycles. The Kier molecular flexibility index (Phi) is 6.20. The Morgan fingerprint density at radius 2 is 1.89 bits per heavy atom. The van der Waals surface area contributed by atoms with Crippen LogP contribution in [-0.2, 0) is 14.3 Å². The molecule has 1 N–H and O–H groups in total. The Hall–Kier alpha value is -3.00. The summed E-state index contributed by atoms with van der Waals surface area (Å²) in [5.41, 5.74) is 1.01. The van der Waals surface area contributed by atoms with Crippen molar-refractivity contribution in [3.8, 4) is 0 Å².